The molecule has 0 amide bonds. The fourth-order valence-electron chi connectivity index (χ4n) is 3.88. The van der Waals surface area contributed by atoms with Gasteiger partial charge in [0.1, 0.15) is 0 Å². The van der Waals surface area contributed by atoms with E-state index in [0.717, 1.165) is 20.2 Å². The van der Waals surface area contributed by atoms with Crippen LogP contribution in [0.5, 0.6) is 0 Å². The summed E-state index contributed by atoms with van der Waals surface area (Å²) < 4.78 is 45.9. The van der Waals surface area contributed by atoms with Gasteiger partial charge in [0.2, 0.25) is 5.95 Å². The SMILES string of the molecule is C[C@@H]1C=C(c2c(-c3ccccc3)nc(N)n3c(=O)n(CCC(F)(F)F)nc23)C[C@H](C)O1. The number of anilines is 1. The number of nitrogens with two attached hydrogens (primary N) is 1. The zero-order valence-electron chi connectivity index (χ0n) is 17.1. The molecule has 0 radical (unpaired) electrons. The van der Waals surface area contributed by atoms with Gasteiger partial charge in [-0.2, -0.15) is 13.2 Å². The van der Waals surface area contributed by atoms with Gasteiger partial charge in [0.15, 0.2) is 5.65 Å². The molecule has 0 saturated heterocycles. The van der Waals surface area contributed by atoms with Crippen LogP contribution in [-0.4, -0.2) is 37.5 Å². The predicted octanol–water partition coefficient (Wildman–Crippen LogP) is 3.67. The standard InChI is InChI=1S/C21H22F3N5O2/c1-12-10-15(11-13(2)31-12)16-17(14-6-4-3-5-7-14)26-19(25)29-18(16)27-28(20(29)30)9-8-21(22,23)24/h3-7,10,12-13H,8-9,11H2,1-2H3,(H2,25,26)/t12-,13+/m1/s1. The van der Waals surface area contributed by atoms with Gasteiger partial charge in [-0.25, -0.2) is 18.9 Å². The molecule has 164 valence electrons. The average Bonchev–Trinajstić information content (AvgIpc) is 3.02. The summed E-state index contributed by atoms with van der Waals surface area (Å²) in [6.45, 7) is 3.23. The molecule has 2 N–H and O–H groups in total. The number of aromatic nitrogens is 4. The molecule has 3 heterocycles. The molecule has 7 nitrogen and oxygen atoms in total. The van der Waals surface area contributed by atoms with Gasteiger partial charge >= 0.3 is 11.9 Å². The number of ether oxygens (including phenoxy) is 1. The van der Waals surface area contributed by atoms with Crippen molar-refractivity contribution >= 4 is 17.2 Å². The first-order valence-electron chi connectivity index (χ1n) is 9.92. The molecular formula is C21H22F3N5O2. The predicted molar refractivity (Wildman–Crippen MR) is 110 cm³/mol. The molecule has 2 atom stereocenters. The zero-order valence-corrected chi connectivity index (χ0v) is 17.1. The molecule has 1 aliphatic rings. The van der Waals surface area contributed by atoms with Crippen LogP contribution in [-0.2, 0) is 11.3 Å². The fourth-order valence-corrected chi connectivity index (χ4v) is 3.88. The van der Waals surface area contributed by atoms with E-state index < -0.39 is 24.8 Å². The maximum absolute atomic E-state index is 12.8. The minimum absolute atomic E-state index is 0.0877. The molecule has 4 rings (SSSR count). The monoisotopic (exact) mass is 433 g/mol. The van der Waals surface area contributed by atoms with E-state index in [1.165, 1.54) is 0 Å². The van der Waals surface area contributed by atoms with E-state index in [2.05, 4.69) is 10.1 Å². The third-order valence-electron chi connectivity index (χ3n) is 5.12. The Hall–Kier alpha value is -3.14. The van der Waals surface area contributed by atoms with Crippen molar-refractivity contribution in [1.29, 1.82) is 0 Å². The topological polar surface area (TPSA) is 87.4 Å². The van der Waals surface area contributed by atoms with Gasteiger partial charge in [0.25, 0.3) is 0 Å². The number of fused-ring (bicyclic) bond motifs is 1. The highest BCUT2D eigenvalue weighted by atomic mass is 19.4. The summed E-state index contributed by atoms with van der Waals surface area (Å²) in [7, 11) is 0. The average molecular weight is 433 g/mol. The van der Waals surface area contributed by atoms with E-state index in [4.69, 9.17) is 10.5 Å². The van der Waals surface area contributed by atoms with Crippen LogP contribution in [0.1, 0.15) is 32.3 Å². The molecule has 1 aromatic carbocycles. The Morgan fingerprint density at radius 2 is 1.94 bits per heavy atom. The van der Waals surface area contributed by atoms with E-state index in [0.29, 0.717) is 17.7 Å². The Balaban J connectivity index is 1.99. The van der Waals surface area contributed by atoms with Gasteiger partial charge in [-0.15, -0.1) is 5.10 Å². The van der Waals surface area contributed by atoms with Crippen molar-refractivity contribution in [3.05, 3.63) is 52.5 Å². The second-order valence-electron chi connectivity index (χ2n) is 7.64. The van der Waals surface area contributed by atoms with Crippen LogP contribution in [0.3, 0.4) is 0 Å². The summed E-state index contributed by atoms with van der Waals surface area (Å²) in [5.41, 5.74) is 8.22. The van der Waals surface area contributed by atoms with Gasteiger partial charge in [-0.05, 0) is 25.8 Å². The highest BCUT2D eigenvalue weighted by molar-refractivity contribution is 5.87. The van der Waals surface area contributed by atoms with Gasteiger partial charge in [0.05, 0.1) is 30.9 Å². The summed E-state index contributed by atoms with van der Waals surface area (Å²) in [5.74, 6) is -0.130. The number of hydrogen-bond acceptors (Lipinski definition) is 5. The van der Waals surface area contributed by atoms with Crippen LogP contribution in [0.25, 0.3) is 22.5 Å². The van der Waals surface area contributed by atoms with E-state index in [-0.39, 0.29) is 23.8 Å². The highest BCUT2D eigenvalue weighted by Gasteiger charge is 2.29. The normalized spacial score (nSPS) is 19.6. The molecule has 0 aliphatic carbocycles. The van der Waals surface area contributed by atoms with Gasteiger partial charge in [-0.3, -0.25) is 0 Å². The van der Waals surface area contributed by atoms with Crippen LogP contribution in [0.4, 0.5) is 19.1 Å². The van der Waals surface area contributed by atoms with Crippen molar-refractivity contribution in [3.8, 4) is 11.3 Å². The molecule has 0 bridgehead atoms. The molecule has 10 heteroatoms. The minimum atomic E-state index is -4.41. The van der Waals surface area contributed by atoms with Crippen molar-refractivity contribution in [2.24, 2.45) is 0 Å². The van der Waals surface area contributed by atoms with Gasteiger partial charge < -0.3 is 10.5 Å². The van der Waals surface area contributed by atoms with E-state index >= 15 is 0 Å². The number of benzene rings is 1. The van der Waals surface area contributed by atoms with Crippen LogP contribution in [0, 0.1) is 0 Å². The van der Waals surface area contributed by atoms with Crippen molar-refractivity contribution in [2.75, 3.05) is 5.73 Å². The first kappa shape index (κ1) is 21.1. The maximum atomic E-state index is 12.8. The van der Waals surface area contributed by atoms with Crippen molar-refractivity contribution in [3.63, 3.8) is 0 Å². The lowest BCUT2D eigenvalue weighted by molar-refractivity contribution is -0.137. The van der Waals surface area contributed by atoms with Crippen molar-refractivity contribution in [1.82, 2.24) is 19.2 Å². The summed E-state index contributed by atoms with van der Waals surface area (Å²) >= 11 is 0. The van der Waals surface area contributed by atoms with Crippen LogP contribution in [0.2, 0.25) is 0 Å². The summed E-state index contributed by atoms with van der Waals surface area (Å²) in [6, 6.07) is 9.26. The smallest absolute Gasteiger partial charge is 0.371 e. The third-order valence-corrected chi connectivity index (χ3v) is 5.12. The Kier molecular flexibility index (Phi) is 5.34. The van der Waals surface area contributed by atoms with E-state index in [1.54, 1.807) is 0 Å². The molecule has 0 saturated carbocycles. The number of aryl methyl sites for hydroxylation is 1. The minimum Gasteiger partial charge on any atom is -0.371 e. The highest BCUT2D eigenvalue weighted by Crippen LogP contribution is 2.36. The number of halogens is 3. The molecular weight excluding hydrogens is 411 g/mol. The summed E-state index contributed by atoms with van der Waals surface area (Å²) in [4.78, 5) is 17.3. The summed E-state index contributed by atoms with van der Waals surface area (Å²) in [6.07, 6.45) is -3.40. The summed E-state index contributed by atoms with van der Waals surface area (Å²) in [5, 5.41) is 4.25. The van der Waals surface area contributed by atoms with E-state index in [1.807, 2.05) is 50.3 Å². The Morgan fingerprint density at radius 3 is 2.58 bits per heavy atom. The Labute approximate surface area is 176 Å². The lowest BCUT2D eigenvalue weighted by Crippen LogP contribution is -2.25. The second kappa shape index (κ2) is 7.84. The molecule has 31 heavy (non-hydrogen) atoms. The first-order chi connectivity index (χ1) is 14.6. The van der Waals surface area contributed by atoms with Crippen LogP contribution < -0.4 is 11.4 Å². The van der Waals surface area contributed by atoms with Crippen molar-refractivity contribution in [2.45, 2.75) is 51.6 Å². The molecule has 0 unspecified atom stereocenters. The zero-order chi connectivity index (χ0) is 22.3. The fraction of sp³-hybridized carbons (Fsp3) is 0.381. The Bertz CT molecular complexity index is 1200. The second-order valence-corrected chi connectivity index (χ2v) is 7.64. The van der Waals surface area contributed by atoms with Gasteiger partial charge in [0, 0.05) is 11.1 Å². The lowest BCUT2D eigenvalue weighted by Gasteiger charge is -2.26. The lowest BCUT2D eigenvalue weighted by atomic mass is 9.93. The number of hydrogen-bond donors (Lipinski definition) is 1. The van der Waals surface area contributed by atoms with E-state index in [9.17, 15) is 18.0 Å². The molecule has 1 aliphatic heterocycles. The third kappa shape index (κ3) is 4.20. The Morgan fingerprint density at radius 1 is 1.23 bits per heavy atom. The number of nitrogens with zero attached hydrogens (tertiary/aromatic N) is 4. The first-order valence-corrected chi connectivity index (χ1v) is 9.92. The number of alkyl halides is 3. The molecule has 0 fully saturated rings. The van der Waals surface area contributed by atoms with Gasteiger partial charge in [-0.1, -0.05) is 36.4 Å². The number of nitrogen functional groups attached to an aromatic ring is 1. The quantitative estimate of drug-likeness (QED) is 0.678. The largest absolute Gasteiger partial charge is 0.390 e. The molecule has 0 spiro atoms. The number of rotatable bonds is 4. The maximum Gasteiger partial charge on any atom is 0.390 e. The molecule has 2 aromatic heterocycles. The molecule has 3 aromatic rings. The van der Waals surface area contributed by atoms with Crippen LogP contribution >= 0.6 is 0 Å². The van der Waals surface area contributed by atoms with Crippen molar-refractivity contribution < 1.29 is 17.9 Å². The van der Waals surface area contributed by atoms with Crippen LogP contribution in [0.15, 0.2) is 41.2 Å².